The van der Waals surface area contributed by atoms with Crippen LogP contribution in [0, 0.1) is 6.92 Å². The minimum Gasteiger partial charge on any atom is -0.496 e. The molecule has 0 spiro atoms. The van der Waals surface area contributed by atoms with Gasteiger partial charge in [-0.3, -0.25) is 0 Å². The molecule has 0 fully saturated rings. The maximum atomic E-state index is 11.2. The Morgan fingerprint density at radius 1 is 1.31 bits per heavy atom. The number of benzene rings is 1. The number of hydrogen-bond acceptors (Lipinski definition) is 3. The Morgan fingerprint density at radius 3 is 2.81 bits per heavy atom. The fourth-order valence-corrected chi connectivity index (χ4v) is 1.59. The van der Waals surface area contributed by atoms with Crippen molar-refractivity contribution in [1.82, 2.24) is 9.97 Å². The summed E-state index contributed by atoms with van der Waals surface area (Å²) in [5.41, 5.74) is 2.16. The van der Waals surface area contributed by atoms with Crippen LogP contribution < -0.4 is 10.4 Å². The first-order chi connectivity index (χ1) is 7.72. The fourth-order valence-electron chi connectivity index (χ4n) is 1.59. The second kappa shape index (κ2) is 4.18. The molecule has 82 valence electrons. The van der Waals surface area contributed by atoms with Crippen LogP contribution in [0.4, 0.5) is 0 Å². The summed E-state index contributed by atoms with van der Waals surface area (Å²) < 4.78 is 5.25. The summed E-state index contributed by atoms with van der Waals surface area (Å²) in [4.78, 5) is 17.6. The summed E-state index contributed by atoms with van der Waals surface area (Å²) in [6.45, 7) is 1.89. The van der Waals surface area contributed by atoms with Crippen LogP contribution >= 0.6 is 0 Å². The molecule has 1 aromatic heterocycles. The molecule has 4 nitrogen and oxygen atoms in total. The van der Waals surface area contributed by atoms with E-state index in [0.29, 0.717) is 0 Å². The van der Waals surface area contributed by atoms with Gasteiger partial charge in [0.1, 0.15) is 5.75 Å². The van der Waals surface area contributed by atoms with Gasteiger partial charge in [0.2, 0.25) is 0 Å². The average molecular weight is 216 g/mol. The van der Waals surface area contributed by atoms with E-state index in [9.17, 15) is 4.79 Å². The zero-order chi connectivity index (χ0) is 11.5. The maximum Gasteiger partial charge on any atom is 0.345 e. The van der Waals surface area contributed by atoms with Gasteiger partial charge in [0.25, 0.3) is 0 Å². The van der Waals surface area contributed by atoms with Crippen LogP contribution in [0.2, 0.25) is 0 Å². The molecule has 16 heavy (non-hydrogen) atoms. The van der Waals surface area contributed by atoms with Crippen molar-refractivity contribution in [2.45, 2.75) is 6.92 Å². The van der Waals surface area contributed by atoms with Crippen LogP contribution in [0.5, 0.6) is 5.75 Å². The van der Waals surface area contributed by atoms with Crippen LogP contribution in [-0.4, -0.2) is 17.1 Å². The van der Waals surface area contributed by atoms with Crippen molar-refractivity contribution in [2.75, 3.05) is 7.11 Å². The molecule has 0 bridgehead atoms. The molecular formula is C12H12N2O2. The molecule has 0 radical (unpaired) electrons. The highest BCUT2D eigenvalue weighted by molar-refractivity contribution is 5.69. The largest absolute Gasteiger partial charge is 0.496 e. The normalized spacial score (nSPS) is 10.1. The van der Waals surface area contributed by atoms with Crippen molar-refractivity contribution >= 4 is 0 Å². The average Bonchev–Trinajstić information content (AvgIpc) is 2.32. The zero-order valence-corrected chi connectivity index (χ0v) is 9.15. The summed E-state index contributed by atoms with van der Waals surface area (Å²) in [6, 6.07) is 7.54. The smallest absolute Gasteiger partial charge is 0.345 e. The van der Waals surface area contributed by atoms with E-state index >= 15 is 0 Å². The maximum absolute atomic E-state index is 11.2. The van der Waals surface area contributed by atoms with E-state index in [0.717, 1.165) is 22.6 Å². The Labute approximate surface area is 92.9 Å². The van der Waals surface area contributed by atoms with Gasteiger partial charge in [-0.25, -0.2) is 9.78 Å². The molecule has 0 unspecified atom stereocenters. The first-order valence-corrected chi connectivity index (χ1v) is 4.91. The Balaban J connectivity index is 2.67. The number of nitrogens with one attached hydrogen (secondary N) is 1. The third kappa shape index (κ3) is 1.82. The van der Waals surface area contributed by atoms with Crippen LogP contribution in [0.1, 0.15) is 5.56 Å². The number of nitrogens with zero attached hydrogens (tertiary/aromatic N) is 1. The van der Waals surface area contributed by atoms with E-state index in [2.05, 4.69) is 9.97 Å². The number of aromatic amines is 1. The van der Waals surface area contributed by atoms with Crippen LogP contribution in [0.3, 0.4) is 0 Å². The minimum absolute atomic E-state index is 0.355. The highest BCUT2D eigenvalue weighted by Gasteiger charge is 2.08. The first kappa shape index (κ1) is 10.4. The van der Waals surface area contributed by atoms with E-state index in [4.69, 9.17) is 4.74 Å². The van der Waals surface area contributed by atoms with Gasteiger partial charge in [-0.2, -0.15) is 0 Å². The SMILES string of the molecule is COc1ccccc1-c1[nH]c(=O)ncc1C. The second-order valence-electron chi connectivity index (χ2n) is 3.45. The van der Waals surface area contributed by atoms with E-state index in [1.807, 2.05) is 31.2 Å². The molecule has 0 aliphatic carbocycles. The number of hydrogen-bond donors (Lipinski definition) is 1. The van der Waals surface area contributed by atoms with Gasteiger partial charge in [-0.15, -0.1) is 0 Å². The summed E-state index contributed by atoms with van der Waals surface area (Å²) in [5, 5.41) is 0. The number of aromatic nitrogens is 2. The summed E-state index contributed by atoms with van der Waals surface area (Å²) >= 11 is 0. The summed E-state index contributed by atoms with van der Waals surface area (Å²) in [6.07, 6.45) is 1.56. The first-order valence-electron chi connectivity index (χ1n) is 4.91. The lowest BCUT2D eigenvalue weighted by atomic mass is 10.1. The molecule has 2 aromatic rings. The molecular weight excluding hydrogens is 204 g/mol. The van der Waals surface area contributed by atoms with E-state index < -0.39 is 0 Å². The van der Waals surface area contributed by atoms with E-state index in [1.165, 1.54) is 0 Å². The molecule has 0 aliphatic heterocycles. The van der Waals surface area contributed by atoms with Gasteiger partial charge in [-0.1, -0.05) is 12.1 Å². The van der Waals surface area contributed by atoms with E-state index in [-0.39, 0.29) is 5.69 Å². The standard InChI is InChI=1S/C12H12N2O2/c1-8-7-13-12(15)14-11(8)9-5-3-4-6-10(9)16-2/h3-7H,1-2H3,(H,13,14,15). The Hall–Kier alpha value is -2.10. The lowest BCUT2D eigenvalue weighted by Gasteiger charge is -2.09. The molecule has 0 saturated carbocycles. The minimum atomic E-state index is -0.355. The molecule has 0 saturated heterocycles. The molecule has 1 heterocycles. The number of aryl methyl sites for hydroxylation is 1. The summed E-state index contributed by atoms with van der Waals surface area (Å²) in [7, 11) is 1.60. The quantitative estimate of drug-likeness (QED) is 0.832. The third-order valence-electron chi connectivity index (χ3n) is 2.38. The lowest BCUT2D eigenvalue weighted by Crippen LogP contribution is -2.11. The van der Waals surface area contributed by atoms with Crippen LogP contribution in [-0.2, 0) is 0 Å². The molecule has 1 N–H and O–H groups in total. The monoisotopic (exact) mass is 216 g/mol. The van der Waals surface area contributed by atoms with Gasteiger partial charge in [0.15, 0.2) is 0 Å². The molecule has 4 heteroatoms. The highest BCUT2D eigenvalue weighted by Crippen LogP contribution is 2.28. The molecule has 1 aromatic carbocycles. The van der Waals surface area contributed by atoms with Gasteiger partial charge < -0.3 is 9.72 Å². The lowest BCUT2D eigenvalue weighted by molar-refractivity contribution is 0.416. The van der Waals surface area contributed by atoms with Crippen molar-refractivity contribution in [3.05, 3.63) is 46.5 Å². The van der Waals surface area contributed by atoms with Gasteiger partial charge in [0.05, 0.1) is 12.8 Å². The fraction of sp³-hybridized carbons (Fsp3) is 0.167. The zero-order valence-electron chi connectivity index (χ0n) is 9.15. The van der Waals surface area contributed by atoms with Crippen molar-refractivity contribution in [3.8, 4) is 17.0 Å². The molecule has 0 aliphatic rings. The number of methoxy groups -OCH3 is 1. The van der Waals surface area contributed by atoms with Crippen molar-refractivity contribution in [2.24, 2.45) is 0 Å². The highest BCUT2D eigenvalue weighted by atomic mass is 16.5. The van der Waals surface area contributed by atoms with Crippen molar-refractivity contribution in [3.63, 3.8) is 0 Å². The van der Waals surface area contributed by atoms with Gasteiger partial charge >= 0.3 is 5.69 Å². The van der Waals surface area contributed by atoms with Crippen LogP contribution in [0.25, 0.3) is 11.3 Å². The Morgan fingerprint density at radius 2 is 2.06 bits per heavy atom. The number of H-pyrrole nitrogens is 1. The predicted octanol–water partition coefficient (Wildman–Crippen LogP) is 1.75. The number of ether oxygens (including phenoxy) is 1. The van der Waals surface area contributed by atoms with Gasteiger partial charge in [-0.05, 0) is 24.6 Å². The molecule has 2 rings (SSSR count). The molecule has 0 amide bonds. The second-order valence-corrected chi connectivity index (χ2v) is 3.45. The summed E-state index contributed by atoms with van der Waals surface area (Å²) in [5.74, 6) is 0.729. The Bertz CT molecular complexity index is 561. The topological polar surface area (TPSA) is 55.0 Å². The Kier molecular flexibility index (Phi) is 2.72. The van der Waals surface area contributed by atoms with Gasteiger partial charge in [0, 0.05) is 11.8 Å². The van der Waals surface area contributed by atoms with Crippen molar-refractivity contribution in [1.29, 1.82) is 0 Å². The molecule has 0 atom stereocenters. The number of rotatable bonds is 2. The van der Waals surface area contributed by atoms with E-state index in [1.54, 1.807) is 13.3 Å². The predicted molar refractivity (Wildman–Crippen MR) is 61.6 cm³/mol. The van der Waals surface area contributed by atoms with Crippen LogP contribution in [0.15, 0.2) is 35.3 Å². The third-order valence-corrected chi connectivity index (χ3v) is 2.38. The number of para-hydroxylation sites is 1. The van der Waals surface area contributed by atoms with Crippen molar-refractivity contribution < 1.29 is 4.74 Å².